The maximum absolute atomic E-state index is 4.82. The number of hydrogen-bond donors (Lipinski definition) is 0. The zero-order valence-electron chi connectivity index (χ0n) is 14.6. The van der Waals surface area contributed by atoms with E-state index in [9.17, 15) is 0 Å². The predicted octanol–water partition coefficient (Wildman–Crippen LogP) is 3.07. The maximum Gasteiger partial charge on any atom is 0.140 e. The van der Waals surface area contributed by atoms with Gasteiger partial charge in [0.25, 0.3) is 0 Å². The molecule has 5 nitrogen and oxygen atoms in total. The summed E-state index contributed by atoms with van der Waals surface area (Å²) in [5.74, 6) is 0. The van der Waals surface area contributed by atoms with E-state index < -0.39 is 0 Å². The molecular weight excluding hydrogens is 310 g/mol. The Bertz CT molecular complexity index is 915. The van der Waals surface area contributed by atoms with E-state index in [0.29, 0.717) is 6.04 Å². The molecule has 5 rings (SSSR count). The van der Waals surface area contributed by atoms with Crippen LogP contribution in [0.2, 0.25) is 0 Å². The molecule has 5 heteroatoms. The lowest BCUT2D eigenvalue weighted by Crippen LogP contribution is -2.31. The summed E-state index contributed by atoms with van der Waals surface area (Å²) in [6.07, 6.45) is 12.0. The van der Waals surface area contributed by atoms with Crippen LogP contribution in [0.15, 0.2) is 30.9 Å². The van der Waals surface area contributed by atoms with Crippen LogP contribution in [0.1, 0.15) is 41.4 Å². The van der Waals surface area contributed by atoms with Gasteiger partial charge in [-0.05, 0) is 43.5 Å². The molecule has 0 spiro atoms. The van der Waals surface area contributed by atoms with Gasteiger partial charge < -0.3 is 4.57 Å². The van der Waals surface area contributed by atoms with Crippen molar-refractivity contribution < 1.29 is 0 Å². The molecule has 0 N–H and O–H groups in total. The van der Waals surface area contributed by atoms with E-state index in [4.69, 9.17) is 4.98 Å². The van der Waals surface area contributed by atoms with Gasteiger partial charge in [0.1, 0.15) is 5.65 Å². The monoisotopic (exact) mass is 333 g/mol. The highest BCUT2D eigenvalue weighted by Crippen LogP contribution is 2.42. The number of aryl methyl sites for hydroxylation is 3. The van der Waals surface area contributed by atoms with Crippen LogP contribution in [0.3, 0.4) is 0 Å². The van der Waals surface area contributed by atoms with Gasteiger partial charge in [-0.2, -0.15) is 0 Å². The average molecular weight is 333 g/mol. The minimum absolute atomic E-state index is 0.590. The molecule has 2 aliphatic heterocycles. The van der Waals surface area contributed by atoms with Crippen molar-refractivity contribution in [3.05, 3.63) is 53.4 Å². The molecule has 0 aromatic carbocycles. The number of aromatic nitrogens is 4. The molecule has 25 heavy (non-hydrogen) atoms. The van der Waals surface area contributed by atoms with Gasteiger partial charge in [-0.15, -0.1) is 0 Å². The fraction of sp³-hybridized carbons (Fsp3) is 0.450. The predicted molar refractivity (Wildman–Crippen MR) is 97.5 cm³/mol. The Hall–Kier alpha value is -2.27. The molecule has 0 amide bonds. The van der Waals surface area contributed by atoms with Crippen molar-refractivity contribution in [1.29, 1.82) is 0 Å². The van der Waals surface area contributed by atoms with Crippen molar-refractivity contribution in [1.82, 2.24) is 24.4 Å². The molecule has 1 saturated heterocycles. The smallest absolute Gasteiger partial charge is 0.140 e. The second kappa shape index (κ2) is 5.92. The molecule has 0 saturated carbocycles. The first-order valence-electron chi connectivity index (χ1n) is 9.28. The quantitative estimate of drug-likeness (QED) is 0.739. The number of rotatable bonds is 3. The molecule has 1 atom stereocenters. The lowest BCUT2D eigenvalue weighted by atomic mass is 9.96. The number of nitrogens with zero attached hydrogens (tertiary/aromatic N) is 5. The van der Waals surface area contributed by atoms with E-state index in [1.807, 2.05) is 12.4 Å². The van der Waals surface area contributed by atoms with Crippen LogP contribution < -0.4 is 0 Å². The van der Waals surface area contributed by atoms with Gasteiger partial charge in [-0.1, -0.05) is 0 Å². The topological polar surface area (TPSA) is 46.8 Å². The Balaban J connectivity index is 1.61. The zero-order valence-corrected chi connectivity index (χ0v) is 14.6. The van der Waals surface area contributed by atoms with Crippen molar-refractivity contribution in [2.24, 2.45) is 0 Å². The summed E-state index contributed by atoms with van der Waals surface area (Å²) in [5.41, 5.74) is 6.49. The minimum Gasteiger partial charge on any atom is -0.329 e. The fourth-order valence-corrected chi connectivity index (χ4v) is 4.64. The van der Waals surface area contributed by atoms with Crippen molar-refractivity contribution in [2.75, 3.05) is 13.1 Å². The summed E-state index contributed by atoms with van der Waals surface area (Å²) >= 11 is 0. The van der Waals surface area contributed by atoms with Crippen LogP contribution in [0.25, 0.3) is 11.0 Å². The third kappa shape index (κ3) is 2.45. The SMILES string of the molecule is Cc1cnc2c(c1)c1c(n2CCc2cnccn2)CCN2CCCC12. The minimum atomic E-state index is 0.590. The fourth-order valence-electron chi connectivity index (χ4n) is 4.64. The van der Waals surface area contributed by atoms with Crippen molar-refractivity contribution >= 4 is 11.0 Å². The van der Waals surface area contributed by atoms with E-state index in [0.717, 1.165) is 30.7 Å². The molecule has 3 aromatic heterocycles. The van der Waals surface area contributed by atoms with Gasteiger partial charge in [0, 0.05) is 67.8 Å². The summed E-state index contributed by atoms with van der Waals surface area (Å²) in [5, 5.41) is 1.37. The van der Waals surface area contributed by atoms with Crippen molar-refractivity contribution in [3.63, 3.8) is 0 Å². The van der Waals surface area contributed by atoms with Crippen molar-refractivity contribution in [2.45, 2.75) is 45.2 Å². The second-order valence-electron chi connectivity index (χ2n) is 7.29. The van der Waals surface area contributed by atoms with E-state index >= 15 is 0 Å². The van der Waals surface area contributed by atoms with Crippen molar-refractivity contribution in [3.8, 4) is 0 Å². The Morgan fingerprint density at radius 1 is 1.16 bits per heavy atom. The largest absolute Gasteiger partial charge is 0.329 e. The third-order valence-electron chi connectivity index (χ3n) is 5.73. The molecule has 3 aromatic rings. The summed E-state index contributed by atoms with van der Waals surface area (Å²) in [4.78, 5) is 16.1. The van der Waals surface area contributed by atoms with E-state index in [1.165, 1.54) is 42.6 Å². The Morgan fingerprint density at radius 2 is 2.12 bits per heavy atom. The van der Waals surface area contributed by atoms with Gasteiger partial charge in [0.2, 0.25) is 0 Å². The van der Waals surface area contributed by atoms with Gasteiger partial charge in [0.05, 0.1) is 5.69 Å². The molecule has 1 fully saturated rings. The van der Waals surface area contributed by atoms with Crippen LogP contribution >= 0.6 is 0 Å². The molecule has 0 aliphatic carbocycles. The molecular formula is C20H23N5. The van der Waals surface area contributed by atoms with E-state index in [1.54, 1.807) is 18.0 Å². The molecule has 128 valence electrons. The first kappa shape index (κ1) is 15.0. The highest BCUT2D eigenvalue weighted by molar-refractivity contribution is 5.84. The van der Waals surface area contributed by atoms with Gasteiger partial charge >= 0.3 is 0 Å². The van der Waals surface area contributed by atoms with Crippen LogP contribution in [0, 0.1) is 6.92 Å². The lowest BCUT2D eigenvalue weighted by Gasteiger charge is -2.30. The van der Waals surface area contributed by atoms with Crippen LogP contribution in [-0.2, 0) is 19.4 Å². The number of hydrogen-bond acceptors (Lipinski definition) is 4. The summed E-state index contributed by atoms with van der Waals surface area (Å²) < 4.78 is 2.45. The number of pyridine rings is 1. The average Bonchev–Trinajstić information content (AvgIpc) is 3.22. The van der Waals surface area contributed by atoms with Gasteiger partial charge in [-0.25, -0.2) is 4.98 Å². The third-order valence-corrected chi connectivity index (χ3v) is 5.73. The molecule has 0 radical (unpaired) electrons. The molecule has 1 unspecified atom stereocenters. The summed E-state index contributed by atoms with van der Waals surface area (Å²) in [7, 11) is 0. The van der Waals surface area contributed by atoms with Gasteiger partial charge in [-0.3, -0.25) is 14.9 Å². The highest BCUT2D eigenvalue weighted by atomic mass is 15.2. The van der Waals surface area contributed by atoms with Gasteiger partial charge in [0.15, 0.2) is 0 Å². The van der Waals surface area contributed by atoms with Crippen LogP contribution in [-0.4, -0.2) is 37.5 Å². The summed E-state index contributed by atoms with van der Waals surface area (Å²) in [6, 6.07) is 2.93. The van der Waals surface area contributed by atoms with Crippen LogP contribution in [0.4, 0.5) is 0 Å². The molecule has 2 aliphatic rings. The van der Waals surface area contributed by atoms with Crippen LogP contribution in [0.5, 0.6) is 0 Å². The zero-order chi connectivity index (χ0) is 16.8. The maximum atomic E-state index is 4.82. The van der Waals surface area contributed by atoms with E-state index in [2.05, 4.69) is 32.4 Å². The molecule has 0 bridgehead atoms. The molecule has 5 heterocycles. The van der Waals surface area contributed by atoms with E-state index in [-0.39, 0.29) is 0 Å². The first-order chi connectivity index (χ1) is 12.3. The lowest BCUT2D eigenvalue weighted by molar-refractivity contribution is 0.242. The second-order valence-corrected chi connectivity index (χ2v) is 7.29. The Labute approximate surface area is 147 Å². The first-order valence-corrected chi connectivity index (χ1v) is 9.28. The summed E-state index contributed by atoms with van der Waals surface area (Å²) in [6.45, 7) is 5.49. The normalized spacial score (nSPS) is 20.0. The Kier molecular flexibility index (Phi) is 3.55. The number of fused-ring (bicyclic) bond motifs is 5. The Morgan fingerprint density at radius 3 is 3.00 bits per heavy atom. The highest BCUT2D eigenvalue weighted by Gasteiger charge is 2.35. The standard InChI is InChI=1S/C20H23N5/c1-14-11-16-19-17-3-2-8-24(17)9-5-18(19)25(20(16)23-12-14)10-4-15-13-21-6-7-22-15/h6-7,11-13,17H,2-5,8-10H2,1H3.